The van der Waals surface area contributed by atoms with Crippen LogP contribution < -0.4 is 0 Å². The number of carbonyl (C=O) groups excluding carboxylic acids is 2. The number of aliphatic imine (C=N–C) groups is 1. The number of amidine groups is 1. The van der Waals surface area contributed by atoms with Gasteiger partial charge in [-0.2, -0.15) is 4.99 Å². The van der Waals surface area contributed by atoms with Gasteiger partial charge in [0.25, 0.3) is 5.91 Å². The second-order valence-electron chi connectivity index (χ2n) is 7.31. The first-order valence-corrected chi connectivity index (χ1v) is 8.67. The zero-order valence-corrected chi connectivity index (χ0v) is 15.0. The smallest absolute Gasteiger partial charge is 0.250 e. The minimum absolute atomic E-state index is 0.0270. The lowest BCUT2D eigenvalue weighted by Crippen LogP contribution is -2.70. The van der Waals surface area contributed by atoms with E-state index in [0.717, 1.165) is 24.8 Å². The molecule has 0 spiro atoms. The lowest BCUT2D eigenvalue weighted by Gasteiger charge is -2.56. The molecule has 3 heterocycles. The molecule has 0 unspecified atom stereocenters. The Hall–Kier alpha value is -2.43. The Kier molecular flexibility index (Phi) is 4.27. The van der Waals surface area contributed by atoms with E-state index in [9.17, 15) is 9.59 Å². The Morgan fingerprint density at radius 3 is 2.60 bits per heavy atom. The van der Waals surface area contributed by atoms with Gasteiger partial charge in [-0.3, -0.25) is 9.59 Å². The van der Waals surface area contributed by atoms with E-state index in [4.69, 9.17) is 0 Å². The maximum absolute atomic E-state index is 13.5. The summed E-state index contributed by atoms with van der Waals surface area (Å²) in [6.45, 7) is 12.2. The van der Waals surface area contributed by atoms with Crippen LogP contribution in [0.4, 0.5) is 0 Å². The first kappa shape index (κ1) is 17.4. The van der Waals surface area contributed by atoms with Gasteiger partial charge >= 0.3 is 0 Å². The number of hydrogen-bond donors (Lipinski definition) is 0. The SMILES string of the molecule is C=CCC1(CC=C)CCN1C(=O)[C@]1(C)CC(=O)N=C2C=C(C)C=CN21. The molecule has 3 aliphatic heterocycles. The summed E-state index contributed by atoms with van der Waals surface area (Å²) in [7, 11) is 0. The molecule has 0 aromatic carbocycles. The minimum Gasteiger partial charge on any atom is -0.334 e. The Morgan fingerprint density at radius 1 is 1.36 bits per heavy atom. The molecule has 2 amide bonds. The molecule has 1 fully saturated rings. The summed E-state index contributed by atoms with van der Waals surface area (Å²) in [6.07, 6.45) is 11.8. The Morgan fingerprint density at radius 2 is 2.04 bits per heavy atom. The molecule has 0 aromatic rings. The van der Waals surface area contributed by atoms with Crippen LogP contribution in [0, 0.1) is 0 Å². The topological polar surface area (TPSA) is 53.0 Å². The van der Waals surface area contributed by atoms with Crippen molar-refractivity contribution in [2.75, 3.05) is 6.54 Å². The largest absolute Gasteiger partial charge is 0.334 e. The summed E-state index contributed by atoms with van der Waals surface area (Å²) < 4.78 is 0. The van der Waals surface area contributed by atoms with Gasteiger partial charge in [0.2, 0.25) is 5.91 Å². The molecule has 3 rings (SSSR count). The summed E-state index contributed by atoms with van der Waals surface area (Å²) in [6, 6.07) is 0. The van der Waals surface area contributed by atoms with E-state index in [1.165, 1.54) is 0 Å². The molecular weight excluding hydrogens is 314 g/mol. The summed E-state index contributed by atoms with van der Waals surface area (Å²) in [5.41, 5.74) is -0.196. The van der Waals surface area contributed by atoms with Crippen LogP contribution in [-0.2, 0) is 9.59 Å². The van der Waals surface area contributed by atoms with E-state index in [0.29, 0.717) is 12.4 Å². The third-order valence-electron chi connectivity index (χ3n) is 5.48. The molecular formula is C20H25N3O2. The van der Waals surface area contributed by atoms with Gasteiger partial charge in [-0.05, 0) is 50.8 Å². The highest BCUT2D eigenvalue weighted by Crippen LogP contribution is 2.42. The van der Waals surface area contributed by atoms with Crippen molar-refractivity contribution < 1.29 is 9.59 Å². The number of rotatable bonds is 5. The molecule has 0 radical (unpaired) electrons. The van der Waals surface area contributed by atoms with Crippen LogP contribution in [0.25, 0.3) is 0 Å². The van der Waals surface area contributed by atoms with Gasteiger partial charge in [0.05, 0.1) is 12.0 Å². The van der Waals surface area contributed by atoms with Crippen molar-refractivity contribution in [3.8, 4) is 0 Å². The third-order valence-corrected chi connectivity index (χ3v) is 5.48. The van der Waals surface area contributed by atoms with Crippen LogP contribution in [0.1, 0.15) is 39.5 Å². The average Bonchev–Trinajstić information content (AvgIpc) is 2.52. The van der Waals surface area contributed by atoms with E-state index in [2.05, 4.69) is 18.2 Å². The molecule has 132 valence electrons. The Labute approximate surface area is 149 Å². The van der Waals surface area contributed by atoms with Gasteiger partial charge in [0, 0.05) is 12.7 Å². The van der Waals surface area contributed by atoms with Crippen molar-refractivity contribution in [1.82, 2.24) is 9.80 Å². The quantitative estimate of drug-likeness (QED) is 0.724. The Bertz CT molecular complexity index is 721. The van der Waals surface area contributed by atoms with E-state index in [1.807, 2.05) is 54.2 Å². The van der Waals surface area contributed by atoms with Crippen molar-refractivity contribution >= 4 is 17.6 Å². The lowest BCUT2D eigenvalue weighted by atomic mass is 9.76. The number of likely N-dealkylation sites (tertiary alicyclic amines) is 1. The van der Waals surface area contributed by atoms with Gasteiger partial charge in [0.1, 0.15) is 11.4 Å². The summed E-state index contributed by atoms with van der Waals surface area (Å²) >= 11 is 0. The highest BCUT2D eigenvalue weighted by molar-refractivity contribution is 6.10. The molecule has 1 saturated heterocycles. The lowest BCUT2D eigenvalue weighted by molar-refractivity contribution is -0.159. The molecule has 0 N–H and O–H groups in total. The molecule has 0 bridgehead atoms. The van der Waals surface area contributed by atoms with Crippen molar-refractivity contribution in [2.24, 2.45) is 4.99 Å². The van der Waals surface area contributed by atoms with Gasteiger partial charge in [-0.15, -0.1) is 13.2 Å². The highest BCUT2D eigenvalue weighted by Gasteiger charge is 2.54. The highest BCUT2D eigenvalue weighted by atomic mass is 16.2. The first-order chi connectivity index (χ1) is 11.9. The van der Waals surface area contributed by atoms with E-state index < -0.39 is 5.54 Å². The number of carbonyl (C=O) groups is 2. The van der Waals surface area contributed by atoms with Gasteiger partial charge < -0.3 is 9.80 Å². The minimum atomic E-state index is -0.949. The molecule has 25 heavy (non-hydrogen) atoms. The van der Waals surface area contributed by atoms with Gasteiger partial charge in [0.15, 0.2) is 0 Å². The summed E-state index contributed by atoms with van der Waals surface area (Å²) in [5, 5.41) is 0. The average molecular weight is 339 g/mol. The summed E-state index contributed by atoms with van der Waals surface area (Å²) in [4.78, 5) is 33.6. The number of nitrogens with zero attached hydrogens (tertiary/aromatic N) is 3. The third kappa shape index (κ3) is 2.68. The standard InChI is InChI=1S/C20H25N3O2/c1-5-8-20(9-6-2)10-12-23(20)18(25)19(4)14-17(24)21-16-13-15(3)7-11-22(16)19/h5-7,11,13H,1-2,8-10,12,14H2,3-4H3/t19-/m0/s1. The zero-order chi connectivity index (χ0) is 18.2. The van der Waals surface area contributed by atoms with Crippen LogP contribution in [-0.4, -0.2) is 45.1 Å². The van der Waals surface area contributed by atoms with Gasteiger partial charge in [-0.25, -0.2) is 0 Å². The van der Waals surface area contributed by atoms with E-state index in [-0.39, 0.29) is 23.8 Å². The molecule has 5 heteroatoms. The van der Waals surface area contributed by atoms with Crippen molar-refractivity contribution in [1.29, 1.82) is 0 Å². The predicted molar refractivity (Wildman–Crippen MR) is 98.9 cm³/mol. The van der Waals surface area contributed by atoms with Gasteiger partial charge in [-0.1, -0.05) is 12.2 Å². The molecule has 0 aromatic heterocycles. The van der Waals surface area contributed by atoms with Crippen LogP contribution in [0.2, 0.25) is 0 Å². The second-order valence-corrected chi connectivity index (χ2v) is 7.31. The monoisotopic (exact) mass is 339 g/mol. The molecule has 5 nitrogen and oxygen atoms in total. The van der Waals surface area contributed by atoms with Crippen molar-refractivity contribution in [2.45, 2.75) is 50.6 Å². The normalized spacial score (nSPS) is 27.0. The maximum atomic E-state index is 13.5. The van der Waals surface area contributed by atoms with E-state index >= 15 is 0 Å². The molecule has 3 aliphatic rings. The fourth-order valence-corrected chi connectivity index (χ4v) is 4.01. The second kappa shape index (κ2) is 6.14. The number of hydrogen-bond acceptors (Lipinski definition) is 3. The molecule has 0 saturated carbocycles. The number of fused-ring (bicyclic) bond motifs is 1. The van der Waals surface area contributed by atoms with Crippen molar-refractivity contribution in [3.63, 3.8) is 0 Å². The van der Waals surface area contributed by atoms with Crippen LogP contribution in [0.15, 0.2) is 54.2 Å². The fraction of sp³-hybridized carbons (Fsp3) is 0.450. The number of amides is 2. The van der Waals surface area contributed by atoms with Crippen LogP contribution in [0.3, 0.4) is 0 Å². The van der Waals surface area contributed by atoms with Crippen LogP contribution in [0.5, 0.6) is 0 Å². The summed E-state index contributed by atoms with van der Waals surface area (Å²) in [5.74, 6) is 0.270. The predicted octanol–water partition coefficient (Wildman–Crippen LogP) is 2.97. The van der Waals surface area contributed by atoms with E-state index in [1.54, 1.807) is 0 Å². The maximum Gasteiger partial charge on any atom is 0.250 e. The first-order valence-electron chi connectivity index (χ1n) is 8.67. The van der Waals surface area contributed by atoms with Crippen molar-refractivity contribution in [3.05, 3.63) is 49.2 Å². The molecule has 1 atom stereocenters. The zero-order valence-electron chi connectivity index (χ0n) is 15.0. The molecule has 0 aliphatic carbocycles. The number of allylic oxidation sites excluding steroid dienone is 2. The Balaban J connectivity index is 1.95. The fourth-order valence-electron chi connectivity index (χ4n) is 4.01. The van der Waals surface area contributed by atoms with Crippen LogP contribution >= 0.6 is 0 Å².